The maximum atomic E-state index is 2.35. The third kappa shape index (κ3) is 3.51. The van der Waals surface area contributed by atoms with Crippen LogP contribution in [0.5, 0.6) is 0 Å². The molecule has 0 saturated heterocycles. The fourth-order valence-electron chi connectivity index (χ4n) is 1.33. The van der Waals surface area contributed by atoms with E-state index >= 15 is 0 Å². The van der Waals surface area contributed by atoms with Crippen LogP contribution in [0, 0.1) is 0 Å². The van der Waals surface area contributed by atoms with Gasteiger partial charge in [0.1, 0.15) is 0 Å². The molecule has 0 spiro atoms. The quantitative estimate of drug-likeness (QED) is 0.693. The first-order valence-electron chi connectivity index (χ1n) is 4.98. The van der Waals surface area contributed by atoms with Gasteiger partial charge >= 0.3 is 98.6 Å². The first kappa shape index (κ1) is 10.4. The second kappa shape index (κ2) is 5.70. The fraction of sp³-hybridized carbons (Fsp3) is 0. The van der Waals surface area contributed by atoms with E-state index in [9.17, 15) is 0 Å². The molecule has 0 saturated carbocycles. The Kier molecular flexibility index (Phi) is 3.95. The van der Waals surface area contributed by atoms with E-state index in [-0.39, 0.29) is 18.2 Å². The molecule has 2 aromatic carbocycles. The Balaban J connectivity index is 2.16. The Labute approximate surface area is 98.5 Å². The summed E-state index contributed by atoms with van der Waals surface area (Å²) >= 11 is -0.114. The molecule has 0 aliphatic carbocycles. The molecule has 0 N–H and O–H groups in total. The minimum absolute atomic E-state index is 0.114. The molecule has 72 valence electrons. The van der Waals surface area contributed by atoms with E-state index in [4.69, 9.17) is 0 Å². The van der Waals surface area contributed by atoms with Crippen LogP contribution >= 0.6 is 0 Å². The molecule has 0 unspecified atom stereocenters. The molecule has 0 aliphatic rings. The summed E-state index contributed by atoms with van der Waals surface area (Å²) in [6, 6.07) is 21.1. The molecule has 0 nitrogen and oxygen atoms in total. The van der Waals surface area contributed by atoms with Gasteiger partial charge in [-0.15, -0.1) is 0 Å². The van der Waals surface area contributed by atoms with E-state index in [2.05, 4.69) is 69.3 Å². The predicted octanol–water partition coefficient (Wildman–Crippen LogP) is 2.77. The Morgan fingerprint density at radius 3 is 1.40 bits per heavy atom. The number of rotatable bonds is 2. The van der Waals surface area contributed by atoms with E-state index in [0.717, 1.165) is 0 Å². The molecule has 0 radical (unpaired) electrons. The molecule has 0 aliphatic heterocycles. The van der Waals surface area contributed by atoms with Crippen molar-refractivity contribution < 1.29 is 18.2 Å². The van der Waals surface area contributed by atoms with Crippen LogP contribution < -0.4 is 0 Å². The van der Waals surface area contributed by atoms with Crippen molar-refractivity contribution in [1.29, 1.82) is 0 Å². The van der Waals surface area contributed by atoms with Crippen LogP contribution in [0.2, 0.25) is 0 Å². The summed E-state index contributed by atoms with van der Waals surface area (Å²) in [5.41, 5.74) is 2.68. The van der Waals surface area contributed by atoms with Crippen LogP contribution in [0.4, 0.5) is 0 Å². The Bertz CT molecular complexity index is 422. The molecule has 2 aromatic rings. The van der Waals surface area contributed by atoms with Gasteiger partial charge in [-0.1, -0.05) is 0 Å². The molecule has 0 heterocycles. The topological polar surface area (TPSA) is 0 Å². The molecule has 0 bridgehead atoms. The Hall–Kier alpha value is -1.11. The van der Waals surface area contributed by atoms with Gasteiger partial charge in [0.15, 0.2) is 0 Å². The van der Waals surface area contributed by atoms with E-state index in [0.29, 0.717) is 0 Å². The zero-order chi connectivity index (χ0) is 10.3. The molecule has 15 heavy (non-hydrogen) atoms. The van der Waals surface area contributed by atoms with Gasteiger partial charge in [-0.25, -0.2) is 0 Å². The third-order valence-electron chi connectivity index (χ3n) is 2.10. The second-order valence-corrected chi connectivity index (χ2v) is 4.70. The molecule has 0 atom stereocenters. The molecular formula is C14H12Ti. The van der Waals surface area contributed by atoms with Crippen molar-refractivity contribution in [3.63, 3.8) is 0 Å². The zero-order valence-corrected chi connectivity index (χ0v) is 9.99. The fourth-order valence-corrected chi connectivity index (χ4v) is 2.66. The van der Waals surface area contributed by atoms with Gasteiger partial charge in [-0.05, 0) is 0 Å². The van der Waals surface area contributed by atoms with Crippen LogP contribution in [0.15, 0.2) is 60.7 Å². The summed E-state index contributed by atoms with van der Waals surface area (Å²) in [5.74, 6) is 0. The average molecular weight is 228 g/mol. The van der Waals surface area contributed by atoms with Crippen LogP contribution in [0.3, 0.4) is 0 Å². The van der Waals surface area contributed by atoms with Crippen molar-refractivity contribution in [2.24, 2.45) is 0 Å². The van der Waals surface area contributed by atoms with Gasteiger partial charge < -0.3 is 0 Å². The van der Waals surface area contributed by atoms with Crippen molar-refractivity contribution >= 4 is 8.63 Å². The molecule has 0 amide bonds. The van der Waals surface area contributed by atoms with Gasteiger partial charge in [-0.2, -0.15) is 0 Å². The van der Waals surface area contributed by atoms with Crippen LogP contribution in [-0.2, 0) is 18.2 Å². The summed E-state index contributed by atoms with van der Waals surface area (Å²) in [4.78, 5) is 0. The molecule has 0 fully saturated rings. The monoisotopic (exact) mass is 228 g/mol. The third-order valence-corrected chi connectivity index (χ3v) is 3.66. The van der Waals surface area contributed by atoms with Gasteiger partial charge in [0.2, 0.25) is 0 Å². The number of benzene rings is 2. The van der Waals surface area contributed by atoms with Gasteiger partial charge in [0, 0.05) is 0 Å². The summed E-state index contributed by atoms with van der Waals surface area (Å²) in [6.07, 6.45) is 0. The van der Waals surface area contributed by atoms with Crippen LogP contribution in [-0.4, -0.2) is 8.63 Å². The first-order chi connectivity index (χ1) is 7.45. The van der Waals surface area contributed by atoms with E-state index in [1.807, 2.05) is 0 Å². The Morgan fingerprint density at radius 1 is 0.600 bits per heavy atom. The molecule has 2 rings (SSSR count). The van der Waals surface area contributed by atoms with Crippen molar-refractivity contribution in [2.75, 3.05) is 0 Å². The Morgan fingerprint density at radius 2 is 1.00 bits per heavy atom. The second-order valence-electron chi connectivity index (χ2n) is 3.28. The van der Waals surface area contributed by atoms with E-state index in [1.165, 1.54) is 11.1 Å². The first-order valence-corrected chi connectivity index (χ1v) is 6.78. The molecule has 1 heteroatoms. The number of hydrogen-bond acceptors (Lipinski definition) is 0. The van der Waals surface area contributed by atoms with E-state index in [1.54, 1.807) is 0 Å². The van der Waals surface area contributed by atoms with Gasteiger partial charge in [0.05, 0.1) is 0 Å². The zero-order valence-electron chi connectivity index (χ0n) is 8.43. The van der Waals surface area contributed by atoms with Crippen LogP contribution in [0.1, 0.15) is 11.1 Å². The van der Waals surface area contributed by atoms with E-state index < -0.39 is 0 Å². The SMILES string of the molecule is [CH](=[Ti]=[CH]c1ccccc1)c1ccccc1. The standard InChI is InChI=1S/2C7H6.Ti/c2*1-7-5-3-2-4-6-7;/h2*1-6H;. The summed E-state index contributed by atoms with van der Waals surface area (Å²) in [6.45, 7) is 0. The van der Waals surface area contributed by atoms with Crippen molar-refractivity contribution in [3.8, 4) is 0 Å². The summed E-state index contributed by atoms with van der Waals surface area (Å²) < 4.78 is 4.71. The van der Waals surface area contributed by atoms with Crippen LogP contribution in [0.25, 0.3) is 0 Å². The predicted molar refractivity (Wildman–Crippen MR) is 63.2 cm³/mol. The summed E-state index contributed by atoms with van der Waals surface area (Å²) in [7, 11) is 0. The molecular weight excluding hydrogens is 216 g/mol. The minimum atomic E-state index is -0.114. The van der Waals surface area contributed by atoms with Gasteiger partial charge in [-0.3, -0.25) is 0 Å². The van der Waals surface area contributed by atoms with Crippen molar-refractivity contribution in [3.05, 3.63) is 71.8 Å². The van der Waals surface area contributed by atoms with Crippen molar-refractivity contribution in [2.45, 2.75) is 0 Å². The number of hydrogen-bond donors (Lipinski definition) is 0. The normalized spacial score (nSPS) is 9.07. The maximum absolute atomic E-state index is 2.35. The van der Waals surface area contributed by atoms with Crippen molar-refractivity contribution in [1.82, 2.24) is 0 Å². The van der Waals surface area contributed by atoms with Gasteiger partial charge in [0.25, 0.3) is 0 Å². The average Bonchev–Trinajstić information content (AvgIpc) is 2.32. The summed E-state index contributed by atoms with van der Waals surface area (Å²) in [5, 5.41) is 0. The molecule has 0 aromatic heterocycles.